The highest BCUT2D eigenvalue weighted by molar-refractivity contribution is 5.95. The summed E-state index contributed by atoms with van der Waals surface area (Å²) in [4.78, 5) is 13.5. The van der Waals surface area contributed by atoms with Crippen LogP contribution in [-0.2, 0) is 0 Å². The molecule has 2 N–H and O–H groups in total. The molecule has 1 rings (SSSR count). The number of amides is 1. The second kappa shape index (κ2) is 4.77. The van der Waals surface area contributed by atoms with Crippen molar-refractivity contribution >= 4 is 5.91 Å². The SMILES string of the molecule is Cc1ccccc1C(=O)N(C)CCN. The first kappa shape index (κ1) is 10.7. The number of aryl methyl sites for hydroxylation is 1. The van der Waals surface area contributed by atoms with Crippen LogP contribution in [0, 0.1) is 6.92 Å². The second-order valence-corrected chi connectivity index (χ2v) is 3.33. The third-order valence-electron chi connectivity index (χ3n) is 2.19. The van der Waals surface area contributed by atoms with E-state index in [0.29, 0.717) is 13.1 Å². The zero-order valence-electron chi connectivity index (χ0n) is 8.66. The summed E-state index contributed by atoms with van der Waals surface area (Å²) >= 11 is 0. The number of carbonyl (C=O) groups is 1. The van der Waals surface area contributed by atoms with Gasteiger partial charge >= 0.3 is 0 Å². The summed E-state index contributed by atoms with van der Waals surface area (Å²) in [6, 6.07) is 7.57. The average Bonchev–Trinajstić information content (AvgIpc) is 2.18. The smallest absolute Gasteiger partial charge is 0.253 e. The van der Waals surface area contributed by atoms with Crippen LogP contribution in [0.15, 0.2) is 24.3 Å². The van der Waals surface area contributed by atoms with E-state index in [1.807, 2.05) is 31.2 Å². The first-order valence-corrected chi connectivity index (χ1v) is 4.68. The largest absolute Gasteiger partial charge is 0.340 e. The fourth-order valence-corrected chi connectivity index (χ4v) is 1.31. The predicted octanol–water partition coefficient (Wildman–Crippen LogP) is 1.03. The summed E-state index contributed by atoms with van der Waals surface area (Å²) in [7, 11) is 1.77. The van der Waals surface area contributed by atoms with Gasteiger partial charge in [0.15, 0.2) is 0 Å². The number of likely N-dealkylation sites (N-methyl/N-ethyl adjacent to an activating group) is 1. The zero-order valence-corrected chi connectivity index (χ0v) is 8.66. The molecule has 0 atom stereocenters. The van der Waals surface area contributed by atoms with Gasteiger partial charge in [0.2, 0.25) is 0 Å². The van der Waals surface area contributed by atoms with Crippen LogP contribution < -0.4 is 5.73 Å². The maximum Gasteiger partial charge on any atom is 0.253 e. The first-order chi connectivity index (χ1) is 6.66. The number of carbonyl (C=O) groups excluding carboxylic acids is 1. The molecule has 0 aliphatic rings. The standard InChI is InChI=1S/C11H16N2O/c1-9-5-3-4-6-10(9)11(14)13(2)8-7-12/h3-6H,7-8,12H2,1-2H3. The molecule has 0 spiro atoms. The molecule has 14 heavy (non-hydrogen) atoms. The number of hydrogen-bond donors (Lipinski definition) is 1. The van der Waals surface area contributed by atoms with Crippen LogP contribution in [0.5, 0.6) is 0 Å². The molecule has 0 heterocycles. The van der Waals surface area contributed by atoms with Gasteiger partial charge in [0.05, 0.1) is 0 Å². The Morgan fingerprint density at radius 2 is 2.07 bits per heavy atom. The molecule has 0 radical (unpaired) electrons. The van der Waals surface area contributed by atoms with Crippen molar-refractivity contribution in [2.45, 2.75) is 6.92 Å². The molecule has 0 saturated carbocycles. The van der Waals surface area contributed by atoms with E-state index in [2.05, 4.69) is 0 Å². The fraction of sp³-hybridized carbons (Fsp3) is 0.364. The lowest BCUT2D eigenvalue weighted by molar-refractivity contribution is 0.0798. The minimum Gasteiger partial charge on any atom is -0.340 e. The molecular weight excluding hydrogens is 176 g/mol. The number of benzene rings is 1. The molecule has 0 aliphatic heterocycles. The molecule has 1 aromatic rings. The van der Waals surface area contributed by atoms with Crippen LogP contribution in [0.1, 0.15) is 15.9 Å². The van der Waals surface area contributed by atoms with Crippen LogP contribution in [0.25, 0.3) is 0 Å². The molecule has 3 nitrogen and oxygen atoms in total. The van der Waals surface area contributed by atoms with Crippen LogP contribution >= 0.6 is 0 Å². The summed E-state index contributed by atoms with van der Waals surface area (Å²) in [5, 5.41) is 0. The molecule has 1 amide bonds. The molecule has 0 aromatic heterocycles. The summed E-state index contributed by atoms with van der Waals surface area (Å²) < 4.78 is 0. The van der Waals surface area contributed by atoms with E-state index in [-0.39, 0.29) is 5.91 Å². The lowest BCUT2D eigenvalue weighted by Gasteiger charge is -2.16. The number of nitrogens with two attached hydrogens (primary N) is 1. The summed E-state index contributed by atoms with van der Waals surface area (Å²) in [6.07, 6.45) is 0. The van der Waals surface area contributed by atoms with Crippen molar-refractivity contribution in [2.24, 2.45) is 5.73 Å². The van der Waals surface area contributed by atoms with Crippen molar-refractivity contribution in [3.05, 3.63) is 35.4 Å². The maximum atomic E-state index is 11.8. The van der Waals surface area contributed by atoms with Gasteiger partial charge in [-0.1, -0.05) is 18.2 Å². The molecule has 0 fully saturated rings. The molecule has 0 aliphatic carbocycles. The van der Waals surface area contributed by atoms with Crippen LogP contribution in [0.4, 0.5) is 0 Å². The second-order valence-electron chi connectivity index (χ2n) is 3.33. The third-order valence-corrected chi connectivity index (χ3v) is 2.19. The Morgan fingerprint density at radius 3 is 2.64 bits per heavy atom. The van der Waals surface area contributed by atoms with Crippen molar-refractivity contribution in [3.8, 4) is 0 Å². The summed E-state index contributed by atoms with van der Waals surface area (Å²) in [6.45, 7) is 3.02. The number of rotatable bonds is 3. The zero-order chi connectivity index (χ0) is 10.6. The molecule has 0 saturated heterocycles. The highest BCUT2D eigenvalue weighted by Gasteiger charge is 2.11. The van der Waals surface area contributed by atoms with Gasteiger partial charge in [-0.3, -0.25) is 4.79 Å². The van der Waals surface area contributed by atoms with E-state index in [1.165, 1.54) is 0 Å². The van der Waals surface area contributed by atoms with Gasteiger partial charge in [0.25, 0.3) is 5.91 Å². The molecular formula is C11H16N2O. The monoisotopic (exact) mass is 192 g/mol. The third kappa shape index (κ3) is 2.33. The molecule has 1 aromatic carbocycles. The fourth-order valence-electron chi connectivity index (χ4n) is 1.31. The van der Waals surface area contributed by atoms with Gasteiger partial charge in [0.1, 0.15) is 0 Å². The quantitative estimate of drug-likeness (QED) is 0.777. The lowest BCUT2D eigenvalue weighted by atomic mass is 10.1. The molecule has 76 valence electrons. The van der Waals surface area contributed by atoms with Crippen molar-refractivity contribution in [2.75, 3.05) is 20.1 Å². The minimum atomic E-state index is 0.0357. The summed E-state index contributed by atoms with van der Waals surface area (Å²) in [5.41, 5.74) is 7.14. The first-order valence-electron chi connectivity index (χ1n) is 4.68. The van der Waals surface area contributed by atoms with Crippen molar-refractivity contribution in [1.82, 2.24) is 4.90 Å². The Bertz CT molecular complexity index is 323. The molecule has 3 heteroatoms. The predicted molar refractivity (Wildman–Crippen MR) is 57.2 cm³/mol. The van der Waals surface area contributed by atoms with E-state index in [4.69, 9.17) is 5.73 Å². The topological polar surface area (TPSA) is 46.3 Å². The number of nitrogens with zero attached hydrogens (tertiary/aromatic N) is 1. The molecule has 0 bridgehead atoms. The van der Waals surface area contributed by atoms with Gasteiger partial charge in [0, 0.05) is 25.7 Å². The highest BCUT2D eigenvalue weighted by Crippen LogP contribution is 2.09. The summed E-state index contributed by atoms with van der Waals surface area (Å²) in [5.74, 6) is 0.0357. The Labute approximate surface area is 84.5 Å². The maximum absolute atomic E-state index is 11.8. The Hall–Kier alpha value is -1.35. The van der Waals surface area contributed by atoms with Crippen LogP contribution in [0.2, 0.25) is 0 Å². The highest BCUT2D eigenvalue weighted by atomic mass is 16.2. The Morgan fingerprint density at radius 1 is 1.43 bits per heavy atom. The minimum absolute atomic E-state index is 0.0357. The normalized spacial score (nSPS) is 9.93. The van der Waals surface area contributed by atoms with Gasteiger partial charge in [-0.25, -0.2) is 0 Å². The van der Waals surface area contributed by atoms with E-state index < -0.39 is 0 Å². The van der Waals surface area contributed by atoms with E-state index in [0.717, 1.165) is 11.1 Å². The van der Waals surface area contributed by atoms with Crippen molar-refractivity contribution in [1.29, 1.82) is 0 Å². The van der Waals surface area contributed by atoms with Crippen LogP contribution in [-0.4, -0.2) is 30.9 Å². The van der Waals surface area contributed by atoms with E-state index in [9.17, 15) is 4.79 Å². The van der Waals surface area contributed by atoms with Crippen molar-refractivity contribution in [3.63, 3.8) is 0 Å². The lowest BCUT2D eigenvalue weighted by Crippen LogP contribution is -2.32. The van der Waals surface area contributed by atoms with Gasteiger partial charge in [-0.05, 0) is 18.6 Å². The Balaban J connectivity index is 2.84. The van der Waals surface area contributed by atoms with Gasteiger partial charge < -0.3 is 10.6 Å². The number of hydrogen-bond acceptors (Lipinski definition) is 2. The van der Waals surface area contributed by atoms with Gasteiger partial charge in [-0.2, -0.15) is 0 Å². The molecule has 0 unspecified atom stereocenters. The van der Waals surface area contributed by atoms with Crippen LogP contribution in [0.3, 0.4) is 0 Å². The van der Waals surface area contributed by atoms with Gasteiger partial charge in [-0.15, -0.1) is 0 Å². The van der Waals surface area contributed by atoms with E-state index >= 15 is 0 Å². The average molecular weight is 192 g/mol. The van der Waals surface area contributed by atoms with E-state index in [1.54, 1.807) is 11.9 Å². The van der Waals surface area contributed by atoms with Crippen molar-refractivity contribution < 1.29 is 4.79 Å². The Kier molecular flexibility index (Phi) is 3.65.